The van der Waals surface area contributed by atoms with E-state index in [9.17, 15) is 4.79 Å². The molecule has 5 nitrogen and oxygen atoms in total. The lowest BCUT2D eigenvalue weighted by molar-refractivity contribution is 0.0998. The van der Waals surface area contributed by atoms with Gasteiger partial charge in [-0.3, -0.25) is 10.1 Å². The molecule has 2 aromatic heterocycles. The summed E-state index contributed by atoms with van der Waals surface area (Å²) in [5.74, 6) is 0.527. The van der Waals surface area contributed by atoms with Gasteiger partial charge in [-0.1, -0.05) is 53.8 Å². The standard InChI is InChI=1S/C22H16N2O3S/c1-2-26-16-9-5-7-14-12-17(27-20(14)16)21(25)24-22-23-19-15-8-4-3-6-13(15)10-11-18(19)28-22/h3-12H,2H2,1H3,(H,23,24,25). The Bertz CT molecular complexity index is 1340. The Hall–Kier alpha value is -3.38. The predicted molar refractivity (Wildman–Crippen MR) is 112 cm³/mol. The molecule has 0 bridgehead atoms. The van der Waals surface area contributed by atoms with Crippen molar-refractivity contribution in [1.82, 2.24) is 4.98 Å². The number of carbonyl (C=O) groups is 1. The zero-order chi connectivity index (χ0) is 19.1. The van der Waals surface area contributed by atoms with Crippen LogP contribution in [0.2, 0.25) is 0 Å². The highest BCUT2D eigenvalue weighted by Crippen LogP contribution is 2.33. The fourth-order valence-corrected chi connectivity index (χ4v) is 4.17. The summed E-state index contributed by atoms with van der Waals surface area (Å²) in [4.78, 5) is 17.3. The Balaban J connectivity index is 1.49. The number of hydrogen-bond donors (Lipinski definition) is 1. The second kappa shape index (κ2) is 6.65. The number of thiazole rings is 1. The number of furan rings is 1. The average molecular weight is 388 g/mol. The van der Waals surface area contributed by atoms with E-state index in [1.807, 2.05) is 49.4 Å². The number of para-hydroxylation sites is 1. The van der Waals surface area contributed by atoms with Gasteiger partial charge in [-0.2, -0.15) is 0 Å². The van der Waals surface area contributed by atoms with Crippen molar-refractivity contribution in [1.29, 1.82) is 0 Å². The van der Waals surface area contributed by atoms with Crippen LogP contribution in [0.1, 0.15) is 17.5 Å². The molecule has 0 radical (unpaired) electrons. The number of rotatable bonds is 4. The number of ether oxygens (including phenoxy) is 1. The molecule has 0 aliphatic carbocycles. The van der Waals surface area contributed by atoms with E-state index in [1.165, 1.54) is 11.3 Å². The van der Waals surface area contributed by atoms with Gasteiger partial charge in [0.15, 0.2) is 22.2 Å². The third-order valence-electron chi connectivity index (χ3n) is 4.54. The van der Waals surface area contributed by atoms with Gasteiger partial charge in [0.1, 0.15) is 0 Å². The van der Waals surface area contributed by atoms with E-state index in [0.29, 0.717) is 23.1 Å². The first-order chi connectivity index (χ1) is 13.7. The van der Waals surface area contributed by atoms with Gasteiger partial charge in [0.25, 0.3) is 5.91 Å². The Morgan fingerprint density at radius 2 is 1.96 bits per heavy atom. The molecule has 0 saturated heterocycles. The summed E-state index contributed by atoms with van der Waals surface area (Å²) in [5.41, 5.74) is 1.46. The second-order valence-electron chi connectivity index (χ2n) is 6.32. The molecule has 0 atom stereocenters. The molecule has 1 N–H and O–H groups in total. The summed E-state index contributed by atoms with van der Waals surface area (Å²) in [6, 6.07) is 19.5. The van der Waals surface area contributed by atoms with Gasteiger partial charge in [-0.15, -0.1) is 0 Å². The molecular weight excluding hydrogens is 372 g/mol. The summed E-state index contributed by atoms with van der Waals surface area (Å²) in [6.07, 6.45) is 0. The maximum atomic E-state index is 12.7. The van der Waals surface area contributed by atoms with Gasteiger partial charge < -0.3 is 9.15 Å². The van der Waals surface area contributed by atoms with Crippen molar-refractivity contribution in [2.24, 2.45) is 0 Å². The third kappa shape index (κ3) is 2.78. The number of hydrogen-bond acceptors (Lipinski definition) is 5. The van der Waals surface area contributed by atoms with Gasteiger partial charge in [-0.05, 0) is 30.5 Å². The van der Waals surface area contributed by atoms with Crippen molar-refractivity contribution >= 4 is 54.3 Å². The summed E-state index contributed by atoms with van der Waals surface area (Å²) in [7, 11) is 0. The Morgan fingerprint density at radius 1 is 1.11 bits per heavy atom. The molecule has 28 heavy (non-hydrogen) atoms. The van der Waals surface area contributed by atoms with Gasteiger partial charge in [0.05, 0.1) is 16.8 Å². The highest BCUT2D eigenvalue weighted by Gasteiger charge is 2.17. The second-order valence-corrected chi connectivity index (χ2v) is 7.36. The number of nitrogens with one attached hydrogen (secondary N) is 1. The van der Waals surface area contributed by atoms with E-state index < -0.39 is 0 Å². The fraction of sp³-hybridized carbons (Fsp3) is 0.0909. The van der Waals surface area contributed by atoms with Crippen molar-refractivity contribution in [3.63, 3.8) is 0 Å². The monoisotopic (exact) mass is 388 g/mol. The largest absolute Gasteiger partial charge is 0.490 e. The average Bonchev–Trinajstić information content (AvgIpc) is 3.32. The number of aromatic nitrogens is 1. The van der Waals surface area contributed by atoms with Crippen LogP contribution in [0, 0.1) is 0 Å². The quantitative estimate of drug-likeness (QED) is 0.420. The number of amides is 1. The molecule has 0 aliphatic rings. The number of nitrogens with zero attached hydrogens (tertiary/aromatic N) is 1. The molecule has 0 unspecified atom stereocenters. The van der Waals surface area contributed by atoms with Crippen LogP contribution in [0.15, 0.2) is 65.1 Å². The molecule has 0 saturated carbocycles. The number of fused-ring (bicyclic) bond motifs is 4. The summed E-state index contributed by atoms with van der Waals surface area (Å²) < 4.78 is 12.4. The lowest BCUT2D eigenvalue weighted by Gasteiger charge is -2.02. The van der Waals surface area contributed by atoms with E-state index in [2.05, 4.69) is 22.4 Å². The first-order valence-electron chi connectivity index (χ1n) is 8.98. The predicted octanol–water partition coefficient (Wildman–Crippen LogP) is 5.85. The van der Waals surface area contributed by atoms with Gasteiger partial charge in [0.2, 0.25) is 0 Å². The summed E-state index contributed by atoms with van der Waals surface area (Å²) >= 11 is 1.44. The Labute approximate surface area is 164 Å². The molecular formula is C22H16N2O3S. The van der Waals surface area contributed by atoms with Gasteiger partial charge in [0, 0.05) is 10.8 Å². The van der Waals surface area contributed by atoms with Crippen LogP contribution in [0.25, 0.3) is 32.0 Å². The molecule has 0 fully saturated rings. The molecule has 6 heteroatoms. The number of benzene rings is 3. The summed E-state index contributed by atoms with van der Waals surface area (Å²) in [5, 5.41) is 6.42. The maximum Gasteiger partial charge on any atom is 0.293 e. The molecule has 2 heterocycles. The third-order valence-corrected chi connectivity index (χ3v) is 5.47. The highest BCUT2D eigenvalue weighted by atomic mass is 32.1. The van der Waals surface area contributed by atoms with Crippen LogP contribution in [0.3, 0.4) is 0 Å². The highest BCUT2D eigenvalue weighted by molar-refractivity contribution is 7.22. The van der Waals surface area contributed by atoms with E-state index in [1.54, 1.807) is 6.07 Å². The van der Waals surface area contributed by atoms with Crippen molar-refractivity contribution in [3.05, 3.63) is 66.4 Å². The molecule has 0 aliphatic heterocycles. The molecule has 3 aromatic carbocycles. The van der Waals surface area contributed by atoms with Gasteiger partial charge >= 0.3 is 0 Å². The minimum absolute atomic E-state index is 0.228. The van der Waals surface area contributed by atoms with Crippen molar-refractivity contribution in [2.45, 2.75) is 6.92 Å². The first kappa shape index (κ1) is 16.8. The zero-order valence-electron chi connectivity index (χ0n) is 15.1. The van der Waals surface area contributed by atoms with Crippen LogP contribution in [-0.4, -0.2) is 17.5 Å². The van der Waals surface area contributed by atoms with E-state index in [-0.39, 0.29) is 11.7 Å². The zero-order valence-corrected chi connectivity index (χ0v) is 15.9. The van der Waals surface area contributed by atoms with Crippen LogP contribution >= 0.6 is 11.3 Å². The van der Waals surface area contributed by atoms with Crippen LogP contribution in [0.4, 0.5) is 5.13 Å². The molecule has 0 spiro atoms. The normalized spacial score (nSPS) is 11.3. The Kier molecular flexibility index (Phi) is 3.98. The van der Waals surface area contributed by atoms with E-state index in [0.717, 1.165) is 26.4 Å². The fourth-order valence-electron chi connectivity index (χ4n) is 3.29. The lowest BCUT2D eigenvalue weighted by Crippen LogP contribution is -2.10. The molecule has 5 aromatic rings. The van der Waals surface area contributed by atoms with E-state index in [4.69, 9.17) is 9.15 Å². The van der Waals surface area contributed by atoms with Crippen molar-refractivity contribution in [2.75, 3.05) is 11.9 Å². The molecule has 138 valence electrons. The minimum Gasteiger partial charge on any atom is -0.490 e. The van der Waals surface area contributed by atoms with Crippen molar-refractivity contribution < 1.29 is 13.9 Å². The van der Waals surface area contributed by atoms with Crippen LogP contribution in [0.5, 0.6) is 5.75 Å². The van der Waals surface area contributed by atoms with Gasteiger partial charge in [-0.25, -0.2) is 4.98 Å². The summed E-state index contributed by atoms with van der Waals surface area (Å²) in [6.45, 7) is 2.44. The number of anilines is 1. The Morgan fingerprint density at radius 3 is 2.86 bits per heavy atom. The smallest absolute Gasteiger partial charge is 0.293 e. The van der Waals surface area contributed by atoms with Crippen molar-refractivity contribution in [3.8, 4) is 5.75 Å². The molecule has 5 rings (SSSR count). The van der Waals surface area contributed by atoms with E-state index >= 15 is 0 Å². The first-order valence-corrected chi connectivity index (χ1v) is 9.79. The SMILES string of the molecule is CCOc1cccc2cc(C(=O)Nc3nc4c(ccc5ccccc54)s3)oc12. The van der Waals surface area contributed by atoms with Crippen LogP contribution < -0.4 is 10.1 Å². The topological polar surface area (TPSA) is 64.4 Å². The molecule has 1 amide bonds. The number of carbonyl (C=O) groups excluding carboxylic acids is 1. The lowest BCUT2D eigenvalue weighted by atomic mass is 10.1. The van der Waals surface area contributed by atoms with Crippen LogP contribution in [-0.2, 0) is 0 Å². The maximum absolute atomic E-state index is 12.7. The minimum atomic E-state index is -0.331.